The molecule has 4 rings (SSSR count). The third-order valence-corrected chi connectivity index (χ3v) is 6.34. The smallest absolute Gasteiger partial charge is 0.254 e. The van der Waals surface area contributed by atoms with E-state index in [0.29, 0.717) is 11.4 Å². The van der Waals surface area contributed by atoms with Gasteiger partial charge in [0.05, 0.1) is 5.56 Å². The van der Waals surface area contributed by atoms with Gasteiger partial charge in [0.15, 0.2) is 5.82 Å². The third-order valence-electron chi connectivity index (χ3n) is 6.34. The lowest BCUT2D eigenvalue weighted by molar-refractivity contribution is 0.0326. The number of hydrogen-bond donors (Lipinski definition) is 1. The first-order chi connectivity index (χ1) is 13.8. The van der Waals surface area contributed by atoms with Crippen molar-refractivity contribution in [2.75, 3.05) is 19.6 Å². The van der Waals surface area contributed by atoms with Crippen LogP contribution in [0.3, 0.4) is 0 Å². The minimum atomic E-state index is -0.0680. The molecule has 28 heavy (non-hydrogen) atoms. The van der Waals surface area contributed by atoms with Gasteiger partial charge in [-0.05, 0) is 38.8 Å². The molecular weight excluding hydrogens is 348 g/mol. The minimum Gasteiger partial charge on any atom is -0.350 e. The van der Waals surface area contributed by atoms with E-state index in [1.807, 2.05) is 30.3 Å². The van der Waals surface area contributed by atoms with Gasteiger partial charge in [-0.25, -0.2) is 9.97 Å². The average molecular weight is 379 g/mol. The van der Waals surface area contributed by atoms with E-state index in [2.05, 4.69) is 20.2 Å². The predicted octanol–water partition coefficient (Wildman–Crippen LogP) is 4.06. The predicted molar refractivity (Wildman–Crippen MR) is 111 cm³/mol. The molecule has 1 aliphatic heterocycles. The second-order valence-corrected chi connectivity index (χ2v) is 8.18. The number of piperidine rings is 1. The van der Waals surface area contributed by atoms with Crippen molar-refractivity contribution in [1.29, 1.82) is 0 Å². The molecule has 1 aliphatic carbocycles. The zero-order valence-corrected chi connectivity index (χ0v) is 16.6. The standard InChI is InChI=1S/C23H30N4O/c28-22(20-16-24-21(25-17-20)19-10-4-1-5-11-19)26-18-23(12-6-2-7-13-23)27-14-8-3-9-15-27/h1,4-5,10-11,16-17H,2-3,6-9,12-15,18H2,(H,26,28). The monoisotopic (exact) mass is 378 g/mol. The van der Waals surface area contributed by atoms with Crippen LogP contribution in [-0.4, -0.2) is 45.9 Å². The van der Waals surface area contributed by atoms with E-state index in [1.54, 1.807) is 12.4 Å². The summed E-state index contributed by atoms with van der Waals surface area (Å²) in [5.74, 6) is 0.579. The van der Waals surface area contributed by atoms with Crippen molar-refractivity contribution in [3.8, 4) is 11.4 Å². The van der Waals surface area contributed by atoms with Crippen LogP contribution in [0.2, 0.25) is 0 Å². The summed E-state index contributed by atoms with van der Waals surface area (Å²) in [6, 6.07) is 9.84. The van der Waals surface area contributed by atoms with E-state index in [-0.39, 0.29) is 11.4 Å². The number of carbonyl (C=O) groups excluding carboxylic acids is 1. The molecule has 1 aromatic carbocycles. The highest BCUT2D eigenvalue weighted by atomic mass is 16.1. The lowest BCUT2D eigenvalue weighted by Crippen LogP contribution is -2.58. The molecule has 1 saturated carbocycles. The molecule has 1 aromatic heterocycles. The van der Waals surface area contributed by atoms with Gasteiger partial charge in [0.25, 0.3) is 5.91 Å². The first kappa shape index (κ1) is 19.1. The van der Waals surface area contributed by atoms with Gasteiger partial charge in [0, 0.05) is 30.0 Å². The molecule has 1 amide bonds. The Balaban J connectivity index is 1.42. The Bertz CT molecular complexity index is 763. The SMILES string of the molecule is O=C(NCC1(N2CCCCC2)CCCCC1)c1cnc(-c2ccccc2)nc1. The maximum Gasteiger partial charge on any atom is 0.254 e. The maximum absolute atomic E-state index is 12.8. The van der Waals surface area contributed by atoms with Crippen LogP contribution >= 0.6 is 0 Å². The molecule has 0 unspecified atom stereocenters. The Morgan fingerprint density at radius 2 is 1.57 bits per heavy atom. The van der Waals surface area contributed by atoms with Crippen molar-refractivity contribution in [2.24, 2.45) is 0 Å². The maximum atomic E-state index is 12.8. The van der Waals surface area contributed by atoms with Crippen LogP contribution < -0.4 is 5.32 Å². The highest BCUT2D eigenvalue weighted by molar-refractivity contribution is 5.93. The molecule has 148 valence electrons. The van der Waals surface area contributed by atoms with Crippen LogP contribution in [-0.2, 0) is 0 Å². The summed E-state index contributed by atoms with van der Waals surface area (Å²) in [7, 11) is 0. The highest BCUT2D eigenvalue weighted by Crippen LogP contribution is 2.35. The first-order valence-corrected chi connectivity index (χ1v) is 10.7. The third kappa shape index (κ3) is 4.25. The molecule has 0 radical (unpaired) electrons. The lowest BCUT2D eigenvalue weighted by Gasteiger charge is -2.48. The summed E-state index contributed by atoms with van der Waals surface area (Å²) in [6.45, 7) is 3.07. The fraction of sp³-hybridized carbons (Fsp3) is 0.522. The molecule has 5 heteroatoms. The van der Waals surface area contributed by atoms with E-state index < -0.39 is 0 Å². The molecule has 2 aromatic rings. The first-order valence-electron chi connectivity index (χ1n) is 10.7. The molecule has 2 aliphatic rings. The quantitative estimate of drug-likeness (QED) is 0.852. The number of amides is 1. The largest absolute Gasteiger partial charge is 0.350 e. The van der Waals surface area contributed by atoms with Crippen molar-refractivity contribution in [2.45, 2.75) is 56.9 Å². The summed E-state index contributed by atoms with van der Waals surface area (Å²) in [4.78, 5) is 24.2. The molecule has 1 N–H and O–H groups in total. The van der Waals surface area contributed by atoms with Gasteiger partial charge in [-0.1, -0.05) is 56.0 Å². The van der Waals surface area contributed by atoms with Crippen molar-refractivity contribution < 1.29 is 4.79 Å². The van der Waals surface area contributed by atoms with Crippen LogP contribution in [0.1, 0.15) is 61.7 Å². The van der Waals surface area contributed by atoms with Gasteiger partial charge in [-0.3, -0.25) is 9.69 Å². The van der Waals surface area contributed by atoms with E-state index >= 15 is 0 Å². The molecule has 0 bridgehead atoms. The van der Waals surface area contributed by atoms with Crippen LogP contribution in [0.25, 0.3) is 11.4 Å². The Labute approximate surface area is 167 Å². The van der Waals surface area contributed by atoms with Gasteiger partial charge in [0.2, 0.25) is 0 Å². The number of likely N-dealkylation sites (tertiary alicyclic amines) is 1. The Morgan fingerprint density at radius 1 is 0.929 bits per heavy atom. The number of nitrogens with one attached hydrogen (secondary N) is 1. The number of benzene rings is 1. The fourth-order valence-electron chi connectivity index (χ4n) is 4.71. The molecule has 1 saturated heterocycles. The van der Waals surface area contributed by atoms with Crippen LogP contribution in [0.5, 0.6) is 0 Å². The number of carbonyl (C=O) groups is 1. The molecule has 0 atom stereocenters. The Morgan fingerprint density at radius 3 is 2.25 bits per heavy atom. The summed E-state index contributed by atoms with van der Waals surface area (Å²) in [5, 5.41) is 3.21. The Kier molecular flexibility index (Phi) is 6.01. The number of aromatic nitrogens is 2. The molecule has 0 spiro atoms. The molecule has 2 heterocycles. The van der Waals surface area contributed by atoms with Gasteiger partial charge in [0.1, 0.15) is 0 Å². The number of hydrogen-bond acceptors (Lipinski definition) is 4. The van der Waals surface area contributed by atoms with E-state index in [1.165, 1.54) is 64.5 Å². The molecule has 2 fully saturated rings. The van der Waals surface area contributed by atoms with Gasteiger partial charge >= 0.3 is 0 Å². The highest BCUT2D eigenvalue weighted by Gasteiger charge is 2.38. The fourth-order valence-corrected chi connectivity index (χ4v) is 4.71. The van der Waals surface area contributed by atoms with E-state index in [9.17, 15) is 4.79 Å². The second-order valence-electron chi connectivity index (χ2n) is 8.18. The summed E-state index contributed by atoms with van der Waals surface area (Å²) < 4.78 is 0. The second kappa shape index (κ2) is 8.82. The van der Waals surface area contributed by atoms with Crippen LogP contribution in [0.15, 0.2) is 42.7 Å². The average Bonchev–Trinajstić information content (AvgIpc) is 2.79. The van der Waals surface area contributed by atoms with Gasteiger partial charge < -0.3 is 5.32 Å². The number of nitrogens with zero attached hydrogens (tertiary/aromatic N) is 3. The molecule has 5 nitrogen and oxygen atoms in total. The summed E-state index contributed by atoms with van der Waals surface area (Å²) in [6.07, 6.45) is 13.4. The van der Waals surface area contributed by atoms with Crippen molar-refractivity contribution in [3.63, 3.8) is 0 Å². The normalized spacial score (nSPS) is 19.9. The van der Waals surface area contributed by atoms with Crippen LogP contribution in [0, 0.1) is 0 Å². The Hall–Kier alpha value is -2.27. The van der Waals surface area contributed by atoms with Crippen molar-refractivity contribution in [1.82, 2.24) is 20.2 Å². The summed E-state index contributed by atoms with van der Waals surface area (Å²) >= 11 is 0. The van der Waals surface area contributed by atoms with Crippen molar-refractivity contribution >= 4 is 5.91 Å². The van der Waals surface area contributed by atoms with Crippen molar-refractivity contribution in [3.05, 3.63) is 48.3 Å². The topological polar surface area (TPSA) is 58.1 Å². The number of rotatable bonds is 5. The summed E-state index contributed by atoms with van der Waals surface area (Å²) in [5.41, 5.74) is 1.63. The molecular formula is C23H30N4O. The van der Waals surface area contributed by atoms with Gasteiger partial charge in [-0.2, -0.15) is 0 Å². The van der Waals surface area contributed by atoms with Crippen LogP contribution in [0.4, 0.5) is 0 Å². The van der Waals surface area contributed by atoms with Gasteiger partial charge in [-0.15, -0.1) is 0 Å². The zero-order chi connectivity index (χ0) is 19.2. The van der Waals surface area contributed by atoms with E-state index in [0.717, 1.165) is 12.1 Å². The zero-order valence-electron chi connectivity index (χ0n) is 16.6. The minimum absolute atomic E-state index is 0.0680. The van der Waals surface area contributed by atoms with E-state index in [4.69, 9.17) is 0 Å². The lowest BCUT2D eigenvalue weighted by atomic mass is 9.79.